The van der Waals surface area contributed by atoms with E-state index in [4.69, 9.17) is 10.6 Å². The maximum absolute atomic E-state index is 13.9. The minimum atomic E-state index is -0.226. The lowest BCUT2D eigenvalue weighted by Gasteiger charge is -2.26. The van der Waals surface area contributed by atoms with Crippen LogP contribution in [0.2, 0.25) is 0 Å². The summed E-state index contributed by atoms with van der Waals surface area (Å²) in [4.78, 5) is 0. The molecule has 0 bridgehead atoms. The Morgan fingerprint density at radius 3 is 2.61 bits per heavy atom. The Hall–Kier alpha value is -0.970. The van der Waals surface area contributed by atoms with Gasteiger partial charge in [-0.1, -0.05) is 12.1 Å². The highest BCUT2D eigenvalue weighted by molar-refractivity contribution is 5.26. The fraction of sp³-hybridized carbons (Fsp3) is 0.571. The summed E-state index contributed by atoms with van der Waals surface area (Å²) in [7, 11) is 1.68. The number of nitrogens with two attached hydrogens (primary N) is 1. The van der Waals surface area contributed by atoms with Crippen molar-refractivity contribution in [1.82, 2.24) is 5.43 Å². The summed E-state index contributed by atoms with van der Waals surface area (Å²) in [5.74, 6) is 5.31. The predicted octanol–water partition coefficient (Wildman–Crippen LogP) is 2.84. The molecule has 0 aliphatic heterocycles. The monoisotopic (exact) mass is 254 g/mol. The molecule has 3 N–H and O–H groups in total. The van der Waals surface area contributed by atoms with Gasteiger partial charge in [0.05, 0.1) is 5.60 Å². The number of rotatable bonds is 6. The molecule has 0 aliphatic carbocycles. The van der Waals surface area contributed by atoms with E-state index in [-0.39, 0.29) is 17.5 Å². The summed E-state index contributed by atoms with van der Waals surface area (Å²) < 4.78 is 19.2. The van der Waals surface area contributed by atoms with Crippen molar-refractivity contribution in [3.8, 4) is 0 Å². The van der Waals surface area contributed by atoms with Crippen molar-refractivity contribution in [2.45, 2.75) is 45.3 Å². The summed E-state index contributed by atoms with van der Waals surface area (Å²) in [6, 6.07) is 5.01. The largest absolute Gasteiger partial charge is 0.379 e. The van der Waals surface area contributed by atoms with E-state index in [1.54, 1.807) is 13.2 Å². The molecule has 102 valence electrons. The van der Waals surface area contributed by atoms with Gasteiger partial charge in [0.2, 0.25) is 0 Å². The summed E-state index contributed by atoms with van der Waals surface area (Å²) in [5, 5.41) is 0. The molecule has 0 radical (unpaired) electrons. The van der Waals surface area contributed by atoms with Gasteiger partial charge in [-0.2, -0.15) is 0 Å². The van der Waals surface area contributed by atoms with Gasteiger partial charge in [0.15, 0.2) is 0 Å². The lowest BCUT2D eigenvalue weighted by molar-refractivity contribution is 0.0116. The van der Waals surface area contributed by atoms with Crippen LogP contribution in [0.4, 0.5) is 4.39 Å². The second-order valence-electron chi connectivity index (χ2n) is 5.25. The van der Waals surface area contributed by atoms with Crippen molar-refractivity contribution in [3.63, 3.8) is 0 Å². The van der Waals surface area contributed by atoms with Crippen LogP contribution in [0.5, 0.6) is 0 Å². The first-order valence-electron chi connectivity index (χ1n) is 6.17. The van der Waals surface area contributed by atoms with Crippen LogP contribution in [0.15, 0.2) is 18.2 Å². The number of nitrogens with one attached hydrogen (secondary N) is 1. The molecular weight excluding hydrogens is 231 g/mol. The Morgan fingerprint density at radius 2 is 2.11 bits per heavy atom. The van der Waals surface area contributed by atoms with E-state index in [0.29, 0.717) is 5.56 Å². The highest BCUT2D eigenvalue weighted by atomic mass is 19.1. The Bertz CT molecular complexity index is 393. The Kier molecular flexibility index (Phi) is 5.26. The summed E-state index contributed by atoms with van der Waals surface area (Å²) >= 11 is 0. The summed E-state index contributed by atoms with van der Waals surface area (Å²) in [5.41, 5.74) is 3.97. The zero-order chi connectivity index (χ0) is 13.8. The molecule has 0 fully saturated rings. The molecule has 1 unspecified atom stereocenters. The third-order valence-corrected chi connectivity index (χ3v) is 3.32. The number of ether oxygens (including phenoxy) is 1. The maximum atomic E-state index is 13.9. The van der Waals surface area contributed by atoms with E-state index < -0.39 is 0 Å². The van der Waals surface area contributed by atoms with Crippen LogP contribution in [0, 0.1) is 12.7 Å². The van der Waals surface area contributed by atoms with Gasteiger partial charge in [-0.05, 0) is 45.2 Å². The maximum Gasteiger partial charge on any atom is 0.128 e. The topological polar surface area (TPSA) is 47.3 Å². The van der Waals surface area contributed by atoms with Crippen molar-refractivity contribution in [2.75, 3.05) is 7.11 Å². The molecule has 4 heteroatoms. The Balaban J connectivity index is 2.77. The lowest BCUT2D eigenvalue weighted by atomic mass is 9.94. The SMILES string of the molecule is COC(C)(C)CCC(NN)c1ccc(C)cc1F. The molecule has 3 nitrogen and oxygen atoms in total. The number of halogens is 1. The van der Waals surface area contributed by atoms with E-state index in [0.717, 1.165) is 18.4 Å². The number of hydrazine groups is 1. The lowest BCUT2D eigenvalue weighted by Crippen LogP contribution is -2.31. The number of hydrogen-bond acceptors (Lipinski definition) is 3. The first-order chi connectivity index (χ1) is 8.39. The van der Waals surface area contributed by atoms with E-state index in [2.05, 4.69) is 5.43 Å². The second-order valence-corrected chi connectivity index (χ2v) is 5.25. The van der Waals surface area contributed by atoms with Gasteiger partial charge in [-0.3, -0.25) is 11.3 Å². The highest BCUT2D eigenvalue weighted by Crippen LogP contribution is 2.26. The normalized spacial score (nSPS) is 13.7. The van der Waals surface area contributed by atoms with Crippen LogP contribution < -0.4 is 11.3 Å². The van der Waals surface area contributed by atoms with Gasteiger partial charge in [0, 0.05) is 18.7 Å². The first kappa shape index (κ1) is 15.1. The van der Waals surface area contributed by atoms with Crippen molar-refractivity contribution < 1.29 is 9.13 Å². The molecule has 0 aliphatic rings. The van der Waals surface area contributed by atoms with Gasteiger partial charge in [-0.25, -0.2) is 4.39 Å². The molecule has 0 saturated carbocycles. The number of hydrogen-bond donors (Lipinski definition) is 2. The molecule has 0 saturated heterocycles. The molecular formula is C14H23FN2O. The van der Waals surface area contributed by atoms with E-state index >= 15 is 0 Å². The van der Waals surface area contributed by atoms with Gasteiger partial charge in [0.1, 0.15) is 5.82 Å². The third-order valence-electron chi connectivity index (χ3n) is 3.32. The van der Waals surface area contributed by atoms with Crippen LogP contribution in [0.25, 0.3) is 0 Å². The molecule has 0 heterocycles. The van der Waals surface area contributed by atoms with E-state index in [1.807, 2.05) is 26.8 Å². The van der Waals surface area contributed by atoms with Crippen LogP contribution in [-0.4, -0.2) is 12.7 Å². The standard InChI is InChI=1S/C14H23FN2O/c1-10-5-6-11(12(15)9-10)13(17-16)7-8-14(2,3)18-4/h5-6,9,13,17H,7-8,16H2,1-4H3. The quantitative estimate of drug-likeness (QED) is 0.606. The van der Waals surface area contributed by atoms with Crippen LogP contribution in [0.1, 0.15) is 43.9 Å². The van der Waals surface area contributed by atoms with Gasteiger partial charge in [0.25, 0.3) is 0 Å². The zero-order valence-electron chi connectivity index (χ0n) is 11.6. The van der Waals surface area contributed by atoms with Crippen molar-refractivity contribution in [1.29, 1.82) is 0 Å². The first-order valence-corrected chi connectivity index (χ1v) is 6.17. The Morgan fingerprint density at radius 1 is 1.44 bits per heavy atom. The van der Waals surface area contributed by atoms with Gasteiger partial charge >= 0.3 is 0 Å². The molecule has 1 aromatic rings. The summed E-state index contributed by atoms with van der Waals surface area (Å²) in [6.45, 7) is 5.88. The van der Waals surface area contributed by atoms with Crippen molar-refractivity contribution in [2.24, 2.45) is 5.84 Å². The van der Waals surface area contributed by atoms with E-state index in [9.17, 15) is 4.39 Å². The fourth-order valence-electron chi connectivity index (χ4n) is 1.84. The van der Waals surface area contributed by atoms with Gasteiger partial charge in [-0.15, -0.1) is 0 Å². The minimum Gasteiger partial charge on any atom is -0.379 e. The number of benzene rings is 1. The molecule has 1 atom stereocenters. The second kappa shape index (κ2) is 6.27. The van der Waals surface area contributed by atoms with E-state index in [1.165, 1.54) is 6.07 Å². The molecule has 18 heavy (non-hydrogen) atoms. The van der Waals surface area contributed by atoms with Crippen LogP contribution in [-0.2, 0) is 4.74 Å². The predicted molar refractivity (Wildman–Crippen MR) is 71.5 cm³/mol. The molecule has 0 amide bonds. The van der Waals surface area contributed by atoms with Crippen LogP contribution >= 0.6 is 0 Å². The number of aryl methyl sites for hydroxylation is 1. The molecule has 1 aromatic carbocycles. The zero-order valence-corrected chi connectivity index (χ0v) is 11.6. The highest BCUT2D eigenvalue weighted by Gasteiger charge is 2.21. The van der Waals surface area contributed by atoms with Crippen molar-refractivity contribution in [3.05, 3.63) is 35.1 Å². The minimum absolute atomic E-state index is 0.194. The number of methoxy groups -OCH3 is 1. The van der Waals surface area contributed by atoms with Crippen LogP contribution in [0.3, 0.4) is 0 Å². The molecule has 1 rings (SSSR count). The average molecular weight is 254 g/mol. The van der Waals surface area contributed by atoms with Gasteiger partial charge < -0.3 is 4.74 Å². The third kappa shape index (κ3) is 4.05. The molecule has 0 spiro atoms. The summed E-state index contributed by atoms with van der Waals surface area (Å²) in [6.07, 6.45) is 1.52. The van der Waals surface area contributed by atoms with Crippen molar-refractivity contribution >= 4 is 0 Å². The smallest absolute Gasteiger partial charge is 0.128 e. The fourth-order valence-corrected chi connectivity index (χ4v) is 1.84. The molecule has 0 aromatic heterocycles. The average Bonchev–Trinajstić information content (AvgIpc) is 2.32. The Labute approximate surface area is 108 Å².